The van der Waals surface area contributed by atoms with Crippen LogP contribution < -0.4 is 10.9 Å². The first-order chi connectivity index (χ1) is 9.83. The maximum Gasteiger partial charge on any atom is 0.258 e. The Kier molecular flexibility index (Phi) is 5.81. The minimum atomic E-state index is 0.107. The second-order valence-corrected chi connectivity index (χ2v) is 5.21. The van der Waals surface area contributed by atoms with Gasteiger partial charge in [0.05, 0.1) is 0 Å². The number of rotatable bonds is 8. The summed E-state index contributed by atoms with van der Waals surface area (Å²) in [6.07, 6.45) is 6.99. The fourth-order valence-electron chi connectivity index (χ4n) is 2.41. The number of aromatic nitrogens is 1. The third-order valence-corrected chi connectivity index (χ3v) is 3.62. The van der Waals surface area contributed by atoms with Crippen LogP contribution in [0.2, 0.25) is 0 Å². The average molecular weight is 272 g/mol. The smallest absolute Gasteiger partial charge is 0.258 e. The zero-order chi connectivity index (χ0) is 14.2. The molecule has 0 atom stereocenters. The van der Waals surface area contributed by atoms with Gasteiger partial charge in [-0.25, -0.2) is 0 Å². The monoisotopic (exact) mass is 272 g/mol. The lowest BCUT2D eigenvalue weighted by atomic mass is 10.2. The normalized spacial score (nSPS) is 11.1. The molecule has 1 heterocycles. The molecule has 3 nitrogen and oxygen atoms in total. The number of nitrogens with one attached hydrogen (secondary N) is 1. The molecule has 108 valence electrons. The fourth-order valence-corrected chi connectivity index (χ4v) is 2.41. The summed E-state index contributed by atoms with van der Waals surface area (Å²) in [6.45, 7) is 4.85. The van der Waals surface area contributed by atoms with Crippen LogP contribution >= 0.6 is 0 Å². The van der Waals surface area contributed by atoms with Gasteiger partial charge < -0.3 is 9.88 Å². The van der Waals surface area contributed by atoms with Crippen molar-refractivity contribution in [2.45, 2.75) is 39.2 Å². The quantitative estimate of drug-likeness (QED) is 0.749. The minimum Gasteiger partial charge on any atom is -0.315 e. The molecule has 0 spiro atoms. The molecule has 0 aliphatic heterocycles. The summed E-state index contributed by atoms with van der Waals surface area (Å²) in [6, 6.07) is 9.77. The summed E-state index contributed by atoms with van der Waals surface area (Å²) >= 11 is 0. The second-order valence-electron chi connectivity index (χ2n) is 5.21. The van der Waals surface area contributed by atoms with E-state index in [0.29, 0.717) is 0 Å². The Hall–Kier alpha value is -1.61. The highest BCUT2D eigenvalue weighted by molar-refractivity contribution is 5.81. The van der Waals surface area contributed by atoms with E-state index in [1.807, 2.05) is 36.5 Å². The predicted octanol–water partition coefficient (Wildman–Crippen LogP) is 3.17. The lowest BCUT2D eigenvalue weighted by molar-refractivity contribution is 0.556. The van der Waals surface area contributed by atoms with Gasteiger partial charge in [-0.05, 0) is 30.5 Å². The van der Waals surface area contributed by atoms with E-state index >= 15 is 0 Å². The first kappa shape index (κ1) is 14.8. The molecule has 0 bridgehead atoms. The van der Waals surface area contributed by atoms with E-state index in [-0.39, 0.29) is 5.56 Å². The number of fused-ring (bicyclic) bond motifs is 1. The van der Waals surface area contributed by atoms with Crippen LogP contribution in [0, 0.1) is 0 Å². The van der Waals surface area contributed by atoms with Crippen molar-refractivity contribution in [2.75, 3.05) is 13.1 Å². The summed E-state index contributed by atoms with van der Waals surface area (Å²) in [5.74, 6) is 0. The number of hydrogen-bond donors (Lipinski definition) is 1. The van der Waals surface area contributed by atoms with Crippen molar-refractivity contribution in [3.05, 3.63) is 46.9 Å². The maximum atomic E-state index is 12.3. The maximum absolute atomic E-state index is 12.3. The van der Waals surface area contributed by atoms with Crippen molar-refractivity contribution in [1.82, 2.24) is 9.88 Å². The van der Waals surface area contributed by atoms with Crippen LogP contribution in [0.5, 0.6) is 0 Å². The number of benzene rings is 1. The third kappa shape index (κ3) is 3.94. The van der Waals surface area contributed by atoms with Gasteiger partial charge in [-0.3, -0.25) is 4.79 Å². The van der Waals surface area contributed by atoms with Gasteiger partial charge in [-0.2, -0.15) is 0 Å². The number of nitrogens with zero attached hydrogens (tertiary/aromatic N) is 1. The van der Waals surface area contributed by atoms with Crippen LogP contribution in [0.25, 0.3) is 10.8 Å². The van der Waals surface area contributed by atoms with Gasteiger partial charge in [0.25, 0.3) is 5.56 Å². The highest BCUT2D eigenvalue weighted by Crippen LogP contribution is 2.07. The molecular weight excluding hydrogens is 248 g/mol. The van der Waals surface area contributed by atoms with Crippen molar-refractivity contribution in [3.8, 4) is 0 Å². The Morgan fingerprint density at radius 3 is 2.75 bits per heavy atom. The molecule has 0 aliphatic carbocycles. The molecule has 0 saturated heterocycles. The summed E-state index contributed by atoms with van der Waals surface area (Å²) in [5, 5.41) is 5.23. The molecule has 0 saturated carbocycles. The Morgan fingerprint density at radius 2 is 1.90 bits per heavy atom. The Labute approximate surface area is 120 Å². The summed E-state index contributed by atoms with van der Waals surface area (Å²) < 4.78 is 1.79. The molecule has 0 radical (unpaired) electrons. The van der Waals surface area contributed by atoms with Gasteiger partial charge in [0.2, 0.25) is 0 Å². The molecule has 0 amide bonds. The molecule has 2 rings (SSSR count). The van der Waals surface area contributed by atoms with Gasteiger partial charge >= 0.3 is 0 Å². The second kappa shape index (κ2) is 7.85. The van der Waals surface area contributed by atoms with Gasteiger partial charge in [-0.15, -0.1) is 0 Å². The molecule has 0 unspecified atom stereocenters. The van der Waals surface area contributed by atoms with Crippen LogP contribution in [0.4, 0.5) is 0 Å². The van der Waals surface area contributed by atoms with Crippen LogP contribution in [0.15, 0.2) is 41.3 Å². The Morgan fingerprint density at radius 1 is 1.05 bits per heavy atom. The molecular formula is C17H24N2O. The number of unbranched alkanes of at least 4 members (excludes halogenated alkanes) is 3. The lowest BCUT2D eigenvalue weighted by Gasteiger charge is -2.08. The molecule has 3 heteroatoms. The van der Waals surface area contributed by atoms with Crippen LogP contribution in [0.3, 0.4) is 0 Å². The molecule has 1 N–H and O–H groups in total. The van der Waals surface area contributed by atoms with Gasteiger partial charge in [0, 0.05) is 24.7 Å². The van der Waals surface area contributed by atoms with Crippen LogP contribution in [-0.4, -0.2) is 17.7 Å². The van der Waals surface area contributed by atoms with Gasteiger partial charge in [0.1, 0.15) is 0 Å². The average Bonchev–Trinajstić information content (AvgIpc) is 2.49. The molecule has 0 fully saturated rings. The number of pyridine rings is 1. The van der Waals surface area contributed by atoms with Gasteiger partial charge in [-0.1, -0.05) is 44.4 Å². The Balaban J connectivity index is 1.84. The molecule has 2 aromatic rings. The third-order valence-electron chi connectivity index (χ3n) is 3.62. The van der Waals surface area contributed by atoms with E-state index < -0.39 is 0 Å². The fraction of sp³-hybridized carbons (Fsp3) is 0.471. The van der Waals surface area contributed by atoms with Crippen molar-refractivity contribution in [3.63, 3.8) is 0 Å². The van der Waals surface area contributed by atoms with Crippen molar-refractivity contribution >= 4 is 10.8 Å². The largest absolute Gasteiger partial charge is 0.315 e. The zero-order valence-corrected chi connectivity index (χ0v) is 12.3. The number of hydrogen-bond acceptors (Lipinski definition) is 2. The highest BCUT2D eigenvalue weighted by Gasteiger charge is 2.01. The van der Waals surface area contributed by atoms with E-state index in [0.717, 1.165) is 30.4 Å². The SMILES string of the molecule is CCCCCCNCCn1ccc2ccccc2c1=O. The standard InChI is InChI=1S/C17H24N2O/c1-2-3-4-7-11-18-12-14-19-13-10-15-8-5-6-9-16(15)17(19)20/h5-6,8-10,13,18H,2-4,7,11-12,14H2,1H3. The van der Waals surface area contributed by atoms with Gasteiger partial charge in [0.15, 0.2) is 0 Å². The zero-order valence-electron chi connectivity index (χ0n) is 12.3. The van der Waals surface area contributed by atoms with Crippen LogP contribution in [-0.2, 0) is 6.54 Å². The highest BCUT2D eigenvalue weighted by atomic mass is 16.1. The van der Waals surface area contributed by atoms with E-state index in [1.54, 1.807) is 4.57 Å². The molecule has 1 aromatic carbocycles. The van der Waals surface area contributed by atoms with Crippen molar-refractivity contribution in [1.29, 1.82) is 0 Å². The molecule has 0 aliphatic rings. The molecule has 1 aromatic heterocycles. The summed E-state index contributed by atoms with van der Waals surface area (Å²) in [7, 11) is 0. The van der Waals surface area contributed by atoms with Crippen molar-refractivity contribution in [2.24, 2.45) is 0 Å². The minimum absolute atomic E-state index is 0.107. The van der Waals surface area contributed by atoms with E-state index in [2.05, 4.69) is 12.2 Å². The lowest BCUT2D eigenvalue weighted by Crippen LogP contribution is -2.27. The first-order valence-electron chi connectivity index (χ1n) is 7.62. The first-order valence-corrected chi connectivity index (χ1v) is 7.62. The van der Waals surface area contributed by atoms with E-state index in [1.165, 1.54) is 25.7 Å². The topological polar surface area (TPSA) is 34.0 Å². The van der Waals surface area contributed by atoms with Crippen molar-refractivity contribution < 1.29 is 0 Å². The van der Waals surface area contributed by atoms with Crippen LogP contribution in [0.1, 0.15) is 32.6 Å². The molecule has 20 heavy (non-hydrogen) atoms. The predicted molar refractivity (Wildman–Crippen MR) is 85.2 cm³/mol. The van der Waals surface area contributed by atoms with E-state index in [4.69, 9.17) is 0 Å². The summed E-state index contributed by atoms with van der Waals surface area (Å²) in [5.41, 5.74) is 0.107. The summed E-state index contributed by atoms with van der Waals surface area (Å²) in [4.78, 5) is 12.3. The Bertz CT molecular complexity index is 589. The van der Waals surface area contributed by atoms with E-state index in [9.17, 15) is 4.79 Å².